The molecule has 1 saturated heterocycles. The van der Waals surface area contributed by atoms with Crippen LogP contribution in [0.5, 0.6) is 5.75 Å². The number of carbonyl (C=O) groups excluding carboxylic acids is 2. The predicted molar refractivity (Wildman–Crippen MR) is 155 cm³/mol. The molecule has 0 aromatic heterocycles. The van der Waals surface area contributed by atoms with Crippen molar-refractivity contribution in [3.63, 3.8) is 0 Å². The van der Waals surface area contributed by atoms with Gasteiger partial charge in [0.1, 0.15) is 12.4 Å². The Bertz CT molecular complexity index is 1160. The number of likely N-dealkylation sites (tertiary alicyclic amines) is 1. The minimum atomic E-state index is -0.917. The molecule has 0 spiro atoms. The molecule has 1 unspecified atom stereocenters. The summed E-state index contributed by atoms with van der Waals surface area (Å²) < 4.78 is 7.15. The first-order valence-electron chi connectivity index (χ1n) is 14.2. The minimum absolute atomic E-state index is 0.0643. The normalized spacial score (nSPS) is 25.2. The lowest BCUT2D eigenvalue weighted by Gasteiger charge is -2.43. The molecule has 1 aliphatic carbocycles. The van der Waals surface area contributed by atoms with Crippen molar-refractivity contribution < 1.29 is 24.2 Å². The van der Waals surface area contributed by atoms with Gasteiger partial charge in [-0.25, -0.2) is 5.84 Å². The third kappa shape index (κ3) is 6.57. The summed E-state index contributed by atoms with van der Waals surface area (Å²) in [6.45, 7) is 7.44. The third-order valence-electron chi connectivity index (χ3n) is 8.36. The number of amides is 2. The van der Waals surface area contributed by atoms with E-state index in [0.29, 0.717) is 56.8 Å². The number of carboxylic acids is 1. The summed E-state index contributed by atoms with van der Waals surface area (Å²) >= 11 is 3.69. The molecule has 0 bridgehead atoms. The zero-order valence-corrected chi connectivity index (χ0v) is 25.2. The van der Waals surface area contributed by atoms with Crippen LogP contribution in [0, 0.1) is 17.8 Å². The van der Waals surface area contributed by atoms with Gasteiger partial charge >= 0.3 is 5.97 Å². The number of carboxylic acid groups (broad SMARTS) is 1. The molecule has 2 heterocycles. The van der Waals surface area contributed by atoms with Gasteiger partial charge in [0.2, 0.25) is 11.8 Å². The van der Waals surface area contributed by atoms with E-state index < -0.39 is 23.8 Å². The van der Waals surface area contributed by atoms with Gasteiger partial charge in [0.05, 0.1) is 23.6 Å². The van der Waals surface area contributed by atoms with E-state index in [-0.39, 0.29) is 30.4 Å². The van der Waals surface area contributed by atoms with E-state index >= 15 is 0 Å². The number of fused-ring (bicyclic) bond motifs is 1. The molecule has 40 heavy (non-hydrogen) atoms. The SMILES string of the molecule is CC(C)N(N)/C=C(\N)COc1ccc(Br)c2c1C(CN1C[C@@H](C)CC1=O)N(C(=O)[C@@H]1CCCC[C@@H]1C(=O)O)CC2. The smallest absolute Gasteiger partial charge is 0.307 e. The van der Waals surface area contributed by atoms with Crippen molar-refractivity contribution in [1.82, 2.24) is 14.8 Å². The molecule has 1 aromatic rings. The predicted octanol–water partition coefficient (Wildman–Crippen LogP) is 3.40. The van der Waals surface area contributed by atoms with E-state index in [2.05, 4.69) is 15.9 Å². The number of ether oxygens (including phenoxy) is 1. The van der Waals surface area contributed by atoms with Crippen molar-refractivity contribution in [2.45, 2.75) is 71.4 Å². The van der Waals surface area contributed by atoms with Crippen molar-refractivity contribution in [3.8, 4) is 5.75 Å². The van der Waals surface area contributed by atoms with Gasteiger partial charge in [-0.15, -0.1) is 0 Å². The van der Waals surface area contributed by atoms with Crippen LogP contribution in [-0.4, -0.2) is 70.0 Å². The molecule has 1 saturated carbocycles. The summed E-state index contributed by atoms with van der Waals surface area (Å²) in [6.07, 6.45) is 5.40. The summed E-state index contributed by atoms with van der Waals surface area (Å²) in [7, 11) is 0. The fourth-order valence-electron chi connectivity index (χ4n) is 6.19. The Balaban J connectivity index is 1.70. The summed E-state index contributed by atoms with van der Waals surface area (Å²) in [4.78, 5) is 42.7. The highest BCUT2D eigenvalue weighted by Crippen LogP contribution is 2.43. The summed E-state index contributed by atoms with van der Waals surface area (Å²) in [5, 5.41) is 11.4. The minimum Gasteiger partial charge on any atom is -0.487 e. The molecule has 4 rings (SSSR count). The average molecular weight is 621 g/mol. The standard InChI is InChI=1S/C29H42BrN5O5/c1-17(2)35(32)14-19(31)16-40-25-9-8-23(30)22-10-11-34(28(37)20-6-4-5-7-21(20)29(38)39)24(27(22)25)15-33-13-18(3)12-26(33)36/h8-9,14,17-18,20-21,24H,4-7,10-13,15-16,31-32H2,1-3H3,(H,38,39)/b19-14-/t18-,20+,21-,24?/m0/s1. The molecular weight excluding hydrogens is 578 g/mol. The number of hydrogen-bond donors (Lipinski definition) is 3. The van der Waals surface area contributed by atoms with Crippen molar-refractivity contribution in [3.05, 3.63) is 39.6 Å². The average Bonchev–Trinajstić information content (AvgIpc) is 3.23. The second-order valence-corrected chi connectivity index (χ2v) is 12.6. The first kappa shape index (κ1) is 30.2. The van der Waals surface area contributed by atoms with Crippen molar-refractivity contribution in [2.24, 2.45) is 29.3 Å². The maximum absolute atomic E-state index is 14.1. The van der Waals surface area contributed by atoms with E-state index in [1.165, 1.54) is 5.01 Å². The lowest BCUT2D eigenvalue weighted by Crippen LogP contribution is -2.50. The van der Waals surface area contributed by atoms with Crippen LogP contribution in [0.2, 0.25) is 0 Å². The van der Waals surface area contributed by atoms with Gasteiger partial charge in [0.25, 0.3) is 0 Å². The van der Waals surface area contributed by atoms with Gasteiger partial charge in [0.15, 0.2) is 0 Å². The lowest BCUT2D eigenvalue weighted by molar-refractivity contribution is -0.154. The van der Waals surface area contributed by atoms with E-state index in [9.17, 15) is 19.5 Å². The van der Waals surface area contributed by atoms with Crippen LogP contribution in [0.1, 0.15) is 70.0 Å². The number of carbonyl (C=O) groups is 3. The molecule has 220 valence electrons. The van der Waals surface area contributed by atoms with Crippen LogP contribution in [0.3, 0.4) is 0 Å². The Hall–Kier alpha value is -2.79. The van der Waals surface area contributed by atoms with Crippen LogP contribution in [0.15, 0.2) is 28.5 Å². The number of hydrazine groups is 1. The Morgan fingerprint density at radius 1 is 1.25 bits per heavy atom. The van der Waals surface area contributed by atoms with Gasteiger partial charge in [0, 0.05) is 48.3 Å². The number of nitrogens with two attached hydrogens (primary N) is 2. The van der Waals surface area contributed by atoms with Crippen LogP contribution in [0.4, 0.5) is 0 Å². The van der Waals surface area contributed by atoms with Gasteiger partial charge in [-0.05, 0) is 56.7 Å². The maximum atomic E-state index is 14.1. The van der Waals surface area contributed by atoms with Crippen LogP contribution in [0.25, 0.3) is 0 Å². The molecule has 2 fully saturated rings. The number of halogens is 1. The molecule has 3 aliphatic rings. The molecule has 1 aromatic carbocycles. The zero-order chi connectivity index (χ0) is 29.1. The first-order chi connectivity index (χ1) is 19.0. The second kappa shape index (κ2) is 12.8. The molecule has 2 aliphatic heterocycles. The fraction of sp³-hybridized carbons (Fsp3) is 0.621. The van der Waals surface area contributed by atoms with Gasteiger partial charge in [-0.3, -0.25) is 14.4 Å². The summed E-state index contributed by atoms with van der Waals surface area (Å²) in [5.74, 6) is 4.55. The van der Waals surface area contributed by atoms with E-state index in [1.54, 1.807) is 6.20 Å². The van der Waals surface area contributed by atoms with Crippen molar-refractivity contribution >= 4 is 33.7 Å². The highest BCUT2D eigenvalue weighted by Gasteiger charge is 2.43. The maximum Gasteiger partial charge on any atom is 0.307 e. The summed E-state index contributed by atoms with van der Waals surface area (Å²) in [6, 6.07) is 3.38. The highest BCUT2D eigenvalue weighted by atomic mass is 79.9. The summed E-state index contributed by atoms with van der Waals surface area (Å²) in [5.41, 5.74) is 8.52. The van der Waals surface area contributed by atoms with Crippen LogP contribution < -0.4 is 16.3 Å². The van der Waals surface area contributed by atoms with E-state index in [0.717, 1.165) is 28.4 Å². The Morgan fingerprint density at radius 3 is 2.58 bits per heavy atom. The molecule has 0 radical (unpaired) electrons. The van der Waals surface area contributed by atoms with E-state index in [1.807, 2.05) is 42.7 Å². The molecular formula is C29H42BrN5O5. The highest BCUT2D eigenvalue weighted by molar-refractivity contribution is 9.10. The van der Waals surface area contributed by atoms with Gasteiger partial charge in [-0.2, -0.15) is 0 Å². The number of hydrogen-bond acceptors (Lipinski definition) is 7. The molecule has 5 N–H and O–H groups in total. The van der Waals surface area contributed by atoms with Crippen LogP contribution in [-0.2, 0) is 20.8 Å². The van der Waals surface area contributed by atoms with Crippen molar-refractivity contribution in [1.29, 1.82) is 0 Å². The largest absolute Gasteiger partial charge is 0.487 e. The quantitative estimate of drug-likeness (QED) is 0.282. The Morgan fingerprint density at radius 2 is 1.95 bits per heavy atom. The zero-order valence-electron chi connectivity index (χ0n) is 23.6. The monoisotopic (exact) mass is 619 g/mol. The van der Waals surface area contributed by atoms with Gasteiger partial charge in [-0.1, -0.05) is 35.7 Å². The third-order valence-corrected chi connectivity index (χ3v) is 9.11. The number of benzene rings is 1. The van der Waals surface area contributed by atoms with E-state index in [4.69, 9.17) is 16.3 Å². The lowest BCUT2D eigenvalue weighted by atomic mass is 9.77. The van der Waals surface area contributed by atoms with Crippen LogP contribution >= 0.6 is 15.9 Å². The second-order valence-electron chi connectivity index (χ2n) is 11.7. The molecule has 4 atom stereocenters. The molecule has 11 heteroatoms. The van der Waals surface area contributed by atoms with Crippen molar-refractivity contribution in [2.75, 3.05) is 26.2 Å². The number of rotatable bonds is 9. The van der Waals surface area contributed by atoms with Gasteiger partial charge < -0.3 is 30.4 Å². The first-order valence-corrected chi connectivity index (χ1v) is 15.0. The Labute approximate surface area is 244 Å². The fourth-order valence-corrected chi connectivity index (χ4v) is 6.73. The molecule has 10 nitrogen and oxygen atoms in total. The molecule has 2 amide bonds. The number of nitrogens with zero attached hydrogens (tertiary/aromatic N) is 3. The Kier molecular flexibility index (Phi) is 9.66. The topological polar surface area (TPSA) is 142 Å². The number of aliphatic carboxylic acids is 1.